The molecule has 0 aromatic heterocycles. The van der Waals surface area contributed by atoms with Crippen LogP contribution >= 0.6 is 43.6 Å². The van der Waals surface area contributed by atoms with E-state index in [9.17, 15) is 18.8 Å². The van der Waals surface area contributed by atoms with Crippen LogP contribution in [-0.2, 0) is 16.2 Å². The number of hydrogen-bond donors (Lipinski definition) is 1. The second kappa shape index (κ2) is 11.4. The van der Waals surface area contributed by atoms with Gasteiger partial charge in [-0.2, -0.15) is 0 Å². The van der Waals surface area contributed by atoms with Gasteiger partial charge in [-0.05, 0) is 98.1 Å². The molecule has 0 spiro atoms. The van der Waals surface area contributed by atoms with Crippen LogP contribution in [0.1, 0.15) is 16.7 Å². The second-order valence-electron chi connectivity index (χ2n) is 7.91. The lowest BCUT2D eigenvalue weighted by Crippen LogP contribution is -2.36. The van der Waals surface area contributed by atoms with Crippen molar-refractivity contribution in [1.82, 2.24) is 4.90 Å². The molecular weight excluding hydrogens is 615 g/mol. The lowest BCUT2D eigenvalue weighted by Gasteiger charge is -2.13. The second-order valence-corrected chi connectivity index (χ2v) is 10.6. The number of carbonyl (C=O) groups excluding carboxylic acids is 3. The largest absolute Gasteiger partial charge is 0.487 e. The van der Waals surface area contributed by atoms with Crippen molar-refractivity contribution in [2.45, 2.75) is 13.5 Å². The van der Waals surface area contributed by atoms with Gasteiger partial charge in [-0.3, -0.25) is 19.3 Å². The van der Waals surface area contributed by atoms with Crippen molar-refractivity contribution in [1.29, 1.82) is 0 Å². The van der Waals surface area contributed by atoms with Crippen molar-refractivity contribution >= 4 is 72.4 Å². The molecule has 1 heterocycles. The highest BCUT2D eigenvalue weighted by Gasteiger charge is 2.36. The molecule has 1 aliphatic heterocycles. The molecule has 6 nitrogen and oxygen atoms in total. The molecule has 3 aromatic rings. The molecular formula is C26H19Br2FN2O4S. The predicted octanol–water partition coefficient (Wildman–Crippen LogP) is 6.91. The Morgan fingerprint density at radius 1 is 1.08 bits per heavy atom. The zero-order chi connectivity index (χ0) is 25.8. The van der Waals surface area contributed by atoms with E-state index < -0.39 is 29.4 Å². The fraction of sp³-hybridized carbons (Fsp3) is 0.115. The van der Waals surface area contributed by atoms with Crippen LogP contribution in [0.4, 0.5) is 14.9 Å². The Morgan fingerprint density at radius 3 is 2.44 bits per heavy atom. The first-order chi connectivity index (χ1) is 17.2. The van der Waals surface area contributed by atoms with Gasteiger partial charge in [-0.25, -0.2) is 4.39 Å². The molecule has 1 saturated heterocycles. The third-order valence-corrected chi connectivity index (χ3v) is 7.19. The molecule has 0 aliphatic carbocycles. The Hall–Kier alpha value is -2.95. The molecule has 4 rings (SSSR count). The molecule has 36 heavy (non-hydrogen) atoms. The Kier molecular flexibility index (Phi) is 8.28. The van der Waals surface area contributed by atoms with Crippen LogP contribution in [0.25, 0.3) is 6.08 Å². The lowest BCUT2D eigenvalue weighted by molar-refractivity contribution is -0.127. The van der Waals surface area contributed by atoms with Gasteiger partial charge in [-0.1, -0.05) is 35.9 Å². The molecule has 0 bridgehead atoms. The Bertz CT molecular complexity index is 1360. The van der Waals surface area contributed by atoms with Crippen molar-refractivity contribution in [3.63, 3.8) is 0 Å². The number of halogens is 3. The zero-order valence-corrected chi connectivity index (χ0v) is 22.9. The lowest BCUT2D eigenvalue weighted by atomic mass is 10.1. The van der Waals surface area contributed by atoms with Crippen LogP contribution in [0.2, 0.25) is 0 Å². The average molecular weight is 634 g/mol. The highest BCUT2D eigenvalue weighted by Crippen LogP contribution is 2.38. The van der Waals surface area contributed by atoms with E-state index in [1.165, 1.54) is 23.8 Å². The number of carbonyl (C=O) groups is 3. The molecule has 1 aliphatic rings. The molecule has 0 saturated carbocycles. The third-order valence-electron chi connectivity index (χ3n) is 5.11. The van der Waals surface area contributed by atoms with Crippen LogP contribution < -0.4 is 10.1 Å². The van der Waals surface area contributed by atoms with Gasteiger partial charge in [0.2, 0.25) is 5.91 Å². The first kappa shape index (κ1) is 26.1. The van der Waals surface area contributed by atoms with Crippen molar-refractivity contribution in [3.8, 4) is 5.75 Å². The molecule has 0 radical (unpaired) electrons. The van der Waals surface area contributed by atoms with Gasteiger partial charge in [0.25, 0.3) is 11.1 Å². The predicted molar refractivity (Wildman–Crippen MR) is 145 cm³/mol. The SMILES string of the molecule is Cc1ccc(COc2c(Br)cc(/C=C3/SC(=O)N(CC(=O)Nc4cccc(F)c4)C3=O)cc2Br)cc1. The Balaban J connectivity index is 1.43. The normalized spacial score (nSPS) is 14.4. The molecule has 1 fully saturated rings. The van der Waals surface area contributed by atoms with Crippen molar-refractivity contribution < 1.29 is 23.5 Å². The fourth-order valence-corrected chi connectivity index (χ4v) is 5.63. The summed E-state index contributed by atoms with van der Waals surface area (Å²) in [5.74, 6) is -1.09. The number of hydrogen-bond acceptors (Lipinski definition) is 5. The molecule has 184 valence electrons. The summed E-state index contributed by atoms with van der Waals surface area (Å²) in [6.45, 7) is 1.93. The van der Waals surface area contributed by atoms with E-state index in [0.717, 1.165) is 28.3 Å². The highest BCUT2D eigenvalue weighted by molar-refractivity contribution is 9.11. The minimum atomic E-state index is -0.607. The van der Waals surface area contributed by atoms with E-state index in [4.69, 9.17) is 4.74 Å². The zero-order valence-electron chi connectivity index (χ0n) is 18.9. The molecule has 3 amide bonds. The Labute approximate surface area is 228 Å². The van der Waals surface area contributed by atoms with E-state index in [1.807, 2.05) is 31.2 Å². The fourth-order valence-electron chi connectivity index (χ4n) is 3.34. The molecule has 3 aromatic carbocycles. The van der Waals surface area contributed by atoms with E-state index in [0.29, 0.717) is 26.9 Å². The first-order valence-electron chi connectivity index (χ1n) is 10.7. The number of anilines is 1. The van der Waals surface area contributed by atoms with Crippen LogP contribution in [0.15, 0.2) is 74.5 Å². The van der Waals surface area contributed by atoms with E-state index >= 15 is 0 Å². The smallest absolute Gasteiger partial charge is 0.294 e. The van der Waals surface area contributed by atoms with Gasteiger partial charge < -0.3 is 10.1 Å². The number of rotatable bonds is 7. The molecule has 0 atom stereocenters. The molecule has 0 unspecified atom stereocenters. The van der Waals surface area contributed by atoms with Gasteiger partial charge in [0.1, 0.15) is 24.7 Å². The number of ether oxygens (including phenoxy) is 1. The summed E-state index contributed by atoms with van der Waals surface area (Å²) in [4.78, 5) is 38.6. The number of thioether (sulfide) groups is 1. The highest BCUT2D eigenvalue weighted by atomic mass is 79.9. The minimum absolute atomic E-state index is 0.186. The molecule has 1 N–H and O–H groups in total. The van der Waals surface area contributed by atoms with E-state index in [-0.39, 0.29) is 10.6 Å². The van der Waals surface area contributed by atoms with Crippen LogP contribution in [0.5, 0.6) is 5.75 Å². The average Bonchev–Trinajstić information content (AvgIpc) is 3.07. The summed E-state index contributed by atoms with van der Waals surface area (Å²) in [7, 11) is 0. The summed E-state index contributed by atoms with van der Waals surface area (Å²) < 4.78 is 20.6. The summed E-state index contributed by atoms with van der Waals surface area (Å²) in [6.07, 6.45) is 1.58. The van der Waals surface area contributed by atoms with E-state index in [2.05, 4.69) is 37.2 Å². The summed E-state index contributed by atoms with van der Waals surface area (Å²) in [6, 6.07) is 16.9. The standard InChI is InChI=1S/C26H19Br2FN2O4S/c1-15-5-7-16(8-6-15)14-35-24-20(27)9-17(10-21(24)28)11-22-25(33)31(26(34)36-22)13-23(32)30-19-4-2-3-18(29)12-19/h2-12H,13-14H2,1H3,(H,30,32)/b22-11+. The number of aryl methyl sites for hydroxylation is 1. The van der Waals surface area contributed by atoms with Crippen molar-refractivity contribution in [2.75, 3.05) is 11.9 Å². The topological polar surface area (TPSA) is 75.7 Å². The molecule has 10 heteroatoms. The monoisotopic (exact) mass is 632 g/mol. The maximum absolute atomic E-state index is 13.3. The van der Waals surface area contributed by atoms with Crippen molar-refractivity contribution in [2.24, 2.45) is 0 Å². The number of nitrogens with one attached hydrogen (secondary N) is 1. The number of benzene rings is 3. The van der Waals surface area contributed by atoms with Crippen molar-refractivity contribution in [3.05, 3.63) is 97.0 Å². The van der Waals surface area contributed by atoms with Crippen LogP contribution in [-0.4, -0.2) is 28.5 Å². The minimum Gasteiger partial charge on any atom is -0.487 e. The number of nitrogens with zero attached hydrogens (tertiary/aromatic N) is 1. The number of amides is 3. The van der Waals surface area contributed by atoms with Gasteiger partial charge in [0.05, 0.1) is 13.9 Å². The van der Waals surface area contributed by atoms with Crippen LogP contribution in [0, 0.1) is 12.7 Å². The van der Waals surface area contributed by atoms with Crippen LogP contribution in [0.3, 0.4) is 0 Å². The maximum Gasteiger partial charge on any atom is 0.294 e. The third kappa shape index (κ3) is 6.43. The summed E-state index contributed by atoms with van der Waals surface area (Å²) >= 11 is 7.76. The first-order valence-corrected chi connectivity index (χ1v) is 13.1. The maximum atomic E-state index is 13.3. The van der Waals surface area contributed by atoms with Gasteiger partial charge >= 0.3 is 0 Å². The van der Waals surface area contributed by atoms with Gasteiger partial charge in [0.15, 0.2) is 0 Å². The summed E-state index contributed by atoms with van der Waals surface area (Å²) in [5, 5.41) is 1.92. The summed E-state index contributed by atoms with van der Waals surface area (Å²) in [5.41, 5.74) is 3.09. The van der Waals surface area contributed by atoms with Gasteiger partial charge in [0, 0.05) is 5.69 Å². The van der Waals surface area contributed by atoms with E-state index in [1.54, 1.807) is 18.2 Å². The quantitative estimate of drug-likeness (QED) is 0.286. The number of imide groups is 1. The van der Waals surface area contributed by atoms with Gasteiger partial charge in [-0.15, -0.1) is 0 Å². The Morgan fingerprint density at radius 2 is 1.78 bits per heavy atom.